The number of nitrogens with zero attached hydrogens (tertiary/aromatic N) is 5. The lowest BCUT2D eigenvalue weighted by atomic mass is 10.0. The van der Waals surface area contributed by atoms with Gasteiger partial charge < -0.3 is 24.6 Å². The predicted octanol–water partition coefficient (Wildman–Crippen LogP) is 3.60. The average molecular weight is 513 g/mol. The molecule has 0 spiro atoms. The molecule has 5 rings (SSSR count). The largest absolute Gasteiger partial charge is 0.477 e. The minimum Gasteiger partial charge on any atom is -0.477 e. The third-order valence-electron chi connectivity index (χ3n) is 6.88. The summed E-state index contributed by atoms with van der Waals surface area (Å²) in [5.41, 5.74) is 2.16. The van der Waals surface area contributed by atoms with Crippen LogP contribution in [0.1, 0.15) is 21.7 Å². The first-order valence-corrected chi connectivity index (χ1v) is 12.4. The SMILES string of the molecule is COCCN1CCN(C(=O)Nc2cc(Cn3c(C(=O)O)cc4ccc(C#N)nc43)c3ccccc3c2)CC1. The number of aromatic carboxylic acids is 1. The molecule has 38 heavy (non-hydrogen) atoms. The molecule has 1 aliphatic rings. The number of anilines is 1. The van der Waals surface area contributed by atoms with E-state index in [9.17, 15) is 20.0 Å². The second kappa shape index (κ2) is 10.9. The van der Waals surface area contributed by atoms with Crippen molar-refractivity contribution in [3.05, 3.63) is 71.5 Å². The van der Waals surface area contributed by atoms with E-state index < -0.39 is 5.97 Å². The number of carbonyl (C=O) groups excluding carboxylic acids is 1. The van der Waals surface area contributed by atoms with Crippen LogP contribution in [0.4, 0.5) is 10.5 Å². The van der Waals surface area contributed by atoms with Crippen LogP contribution in [0.3, 0.4) is 0 Å². The van der Waals surface area contributed by atoms with E-state index in [0.29, 0.717) is 36.4 Å². The number of fused-ring (bicyclic) bond motifs is 2. The van der Waals surface area contributed by atoms with E-state index >= 15 is 0 Å². The summed E-state index contributed by atoms with van der Waals surface area (Å²) in [5.74, 6) is -1.08. The molecule has 1 saturated heterocycles. The van der Waals surface area contributed by atoms with Gasteiger partial charge in [0.1, 0.15) is 23.1 Å². The van der Waals surface area contributed by atoms with Crippen LogP contribution in [0.2, 0.25) is 0 Å². The Balaban J connectivity index is 1.45. The molecule has 2 aromatic heterocycles. The van der Waals surface area contributed by atoms with Crippen molar-refractivity contribution in [1.29, 1.82) is 5.26 Å². The average Bonchev–Trinajstić information content (AvgIpc) is 3.30. The zero-order chi connectivity index (χ0) is 26.6. The van der Waals surface area contributed by atoms with Crippen LogP contribution in [-0.2, 0) is 11.3 Å². The Bertz CT molecular complexity index is 1550. The van der Waals surface area contributed by atoms with Crippen molar-refractivity contribution in [2.45, 2.75) is 6.54 Å². The highest BCUT2D eigenvalue weighted by atomic mass is 16.5. The van der Waals surface area contributed by atoms with E-state index in [0.717, 1.165) is 36.0 Å². The predicted molar refractivity (Wildman–Crippen MR) is 143 cm³/mol. The lowest BCUT2D eigenvalue weighted by Gasteiger charge is -2.34. The lowest BCUT2D eigenvalue weighted by Crippen LogP contribution is -2.50. The normalized spacial score (nSPS) is 14.1. The summed E-state index contributed by atoms with van der Waals surface area (Å²) in [6.07, 6.45) is 0. The topological polar surface area (TPSA) is 124 Å². The van der Waals surface area contributed by atoms with Crippen molar-refractivity contribution in [2.75, 3.05) is 51.8 Å². The van der Waals surface area contributed by atoms with E-state index in [1.165, 1.54) is 0 Å². The molecule has 2 aromatic carbocycles. The van der Waals surface area contributed by atoms with Crippen molar-refractivity contribution in [3.8, 4) is 6.07 Å². The molecule has 0 bridgehead atoms. The van der Waals surface area contributed by atoms with E-state index in [4.69, 9.17) is 4.74 Å². The van der Waals surface area contributed by atoms with E-state index in [2.05, 4.69) is 15.2 Å². The van der Waals surface area contributed by atoms with Gasteiger partial charge in [0, 0.05) is 50.9 Å². The maximum Gasteiger partial charge on any atom is 0.352 e. The quantitative estimate of drug-likeness (QED) is 0.388. The Morgan fingerprint density at radius 1 is 1.08 bits per heavy atom. The zero-order valence-corrected chi connectivity index (χ0v) is 21.1. The van der Waals surface area contributed by atoms with Crippen LogP contribution in [0.15, 0.2) is 54.6 Å². The second-order valence-electron chi connectivity index (χ2n) is 9.25. The fraction of sp³-hybridized carbons (Fsp3) is 0.286. The number of carboxylic acid groups (broad SMARTS) is 1. The lowest BCUT2D eigenvalue weighted by molar-refractivity contribution is 0.0686. The summed E-state index contributed by atoms with van der Waals surface area (Å²) in [6.45, 7) is 4.54. The maximum atomic E-state index is 13.1. The second-order valence-corrected chi connectivity index (χ2v) is 9.25. The van der Waals surface area contributed by atoms with Gasteiger partial charge in [-0.3, -0.25) is 4.90 Å². The number of piperazine rings is 1. The number of urea groups is 1. The number of nitriles is 1. The van der Waals surface area contributed by atoms with Gasteiger partial charge in [0.15, 0.2) is 0 Å². The van der Waals surface area contributed by atoms with Crippen molar-refractivity contribution in [2.24, 2.45) is 0 Å². The number of nitrogens with one attached hydrogen (secondary N) is 1. The van der Waals surface area contributed by atoms with Gasteiger partial charge in [-0.1, -0.05) is 24.3 Å². The molecule has 2 N–H and O–H groups in total. The van der Waals surface area contributed by atoms with E-state index in [1.54, 1.807) is 34.8 Å². The van der Waals surface area contributed by atoms with Crippen molar-refractivity contribution in [3.63, 3.8) is 0 Å². The van der Waals surface area contributed by atoms with Crippen LogP contribution in [0, 0.1) is 11.3 Å². The fourth-order valence-corrected chi connectivity index (χ4v) is 4.89. The van der Waals surface area contributed by atoms with Crippen LogP contribution in [-0.4, -0.2) is 82.9 Å². The third-order valence-corrected chi connectivity index (χ3v) is 6.88. The molecule has 0 saturated carbocycles. The Labute approximate surface area is 219 Å². The molecule has 1 fully saturated rings. The third kappa shape index (κ3) is 5.16. The summed E-state index contributed by atoms with van der Waals surface area (Å²) in [4.78, 5) is 33.6. The van der Waals surface area contributed by atoms with E-state index in [-0.39, 0.29) is 24.0 Å². The van der Waals surface area contributed by atoms with Gasteiger partial charge >= 0.3 is 12.0 Å². The van der Waals surface area contributed by atoms with Gasteiger partial charge in [0.25, 0.3) is 0 Å². The first-order chi connectivity index (χ1) is 18.5. The van der Waals surface area contributed by atoms with Crippen molar-refractivity contribution in [1.82, 2.24) is 19.4 Å². The summed E-state index contributed by atoms with van der Waals surface area (Å²) in [6, 6.07) is 18.2. The van der Waals surface area contributed by atoms with Gasteiger partial charge in [0.05, 0.1) is 13.2 Å². The number of carbonyl (C=O) groups is 2. The molecule has 0 radical (unpaired) electrons. The van der Waals surface area contributed by atoms with Crippen LogP contribution in [0.25, 0.3) is 21.8 Å². The number of aromatic nitrogens is 2. The Kier molecular flexibility index (Phi) is 7.22. The van der Waals surface area contributed by atoms with Crippen LogP contribution >= 0.6 is 0 Å². The van der Waals surface area contributed by atoms with Crippen LogP contribution in [0.5, 0.6) is 0 Å². The summed E-state index contributed by atoms with van der Waals surface area (Å²) in [7, 11) is 1.68. The zero-order valence-electron chi connectivity index (χ0n) is 21.1. The Morgan fingerprint density at radius 3 is 2.61 bits per heavy atom. The molecular formula is C28H28N6O4. The van der Waals surface area contributed by atoms with Gasteiger partial charge in [-0.05, 0) is 46.7 Å². The smallest absolute Gasteiger partial charge is 0.352 e. The van der Waals surface area contributed by atoms with Gasteiger partial charge in [0.2, 0.25) is 0 Å². The first-order valence-electron chi connectivity index (χ1n) is 12.4. The number of hydrogen-bond donors (Lipinski definition) is 2. The number of amides is 2. The fourth-order valence-electron chi connectivity index (χ4n) is 4.89. The molecule has 3 heterocycles. The molecule has 0 unspecified atom stereocenters. The Morgan fingerprint density at radius 2 is 1.87 bits per heavy atom. The summed E-state index contributed by atoms with van der Waals surface area (Å²) in [5, 5.41) is 24.7. The van der Waals surface area contributed by atoms with Gasteiger partial charge in [-0.15, -0.1) is 0 Å². The minimum atomic E-state index is -1.08. The molecule has 2 amide bonds. The Hall–Kier alpha value is -4.46. The van der Waals surface area contributed by atoms with Gasteiger partial charge in [-0.25, -0.2) is 14.6 Å². The number of pyridine rings is 1. The number of carboxylic acids is 1. The summed E-state index contributed by atoms with van der Waals surface area (Å²) >= 11 is 0. The first kappa shape index (κ1) is 25.2. The standard InChI is InChI=1S/C28H28N6O4/c1-38-13-12-32-8-10-33(11-9-32)28(37)31-23-14-19-4-2-3-5-24(19)21(15-23)18-34-25(27(35)36)16-20-6-7-22(17-29)30-26(20)34/h2-7,14-16H,8-13,18H2,1H3,(H,31,37)(H,35,36). The maximum absolute atomic E-state index is 13.1. The molecule has 194 valence electrons. The van der Waals surface area contributed by atoms with Crippen molar-refractivity contribution >= 4 is 39.5 Å². The molecule has 4 aromatic rings. The van der Waals surface area contributed by atoms with Crippen molar-refractivity contribution < 1.29 is 19.4 Å². The number of rotatable bonds is 7. The highest BCUT2D eigenvalue weighted by Gasteiger charge is 2.22. The molecule has 0 atom stereocenters. The number of hydrogen-bond acceptors (Lipinski definition) is 6. The van der Waals surface area contributed by atoms with E-state index in [1.807, 2.05) is 42.5 Å². The summed E-state index contributed by atoms with van der Waals surface area (Å²) < 4.78 is 6.75. The van der Waals surface area contributed by atoms with Crippen LogP contribution < -0.4 is 5.32 Å². The highest BCUT2D eigenvalue weighted by molar-refractivity contribution is 5.96. The number of methoxy groups -OCH3 is 1. The number of benzene rings is 2. The highest BCUT2D eigenvalue weighted by Crippen LogP contribution is 2.28. The molecule has 10 nitrogen and oxygen atoms in total. The monoisotopic (exact) mass is 512 g/mol. The number of ether oxygens (including phenoxy) is 1. The molecular weight excluding hydrogens is 484 g/mol. The molecule has 1 aliphatic heterocycles. The minimum absolute atomic E-state index is 0.0763. The molecule has 10 heteroatoms. The van der Waals surface area contributed by atoms with Gasteiger partial charge in [-0.2, -0.15) is 5.26 Å². The molecule has 0 aliphatic carbocycles.